The average Bonchev–Trinajstić information content (AvgIpc) is 3.65. The highest BCUT2D eigenvalue weighted by molar-refractivity contribution is 7.26. The third kappa shape index (κ3) is 4.24. The van der Waals surface area contributed by atoms with E-state index >= 15 is 0 Å². The molecule has 0 atom stereocenters. The van der Waals surface area contributed by atoms with Gasteiger partial charge >= 0.3 is 0 Å². The molecule has 0 spiro atoms. The summed E-state index contributed by atoms with van der Waals surface area (Å²) in [7, 11) is 0. The smallest absolute Gasteiger partial charge is 0.0640 e. The molecule has 9 aromatic rings. The zero-order valence-electron chi connectivity index (χ0n) is 24.5. The molecule has 2 aromatic heterocycles. The molecule has 0 unspecified atom stereocenters. The first-order chi connectivity index (χ1) is 22.3. The summed E-state index contributed by atoms with van der Waals surface area (Å²) in [6.45, 7) is 0. The fourth-order valence-corrected chi connectivity index (χ4v) is 7.93. The molecule has 0 radical (unpaired) electrons. The number of nitrogens with zero attached hydrogens (tertiary/aromatic N) is 2. The standard InChI is InChI=1S/C42H28N2S/c1-3-12-31(13-4-1)43(32-14-5-2-6-15-32)33-25-22-29(23-26-33)30-24-27-39-37(28-30)34-16-7-9-19-38(34)44(39)40-20-11-18-36-35-17-8-10-21-41(35)45-42(36)40/h1-28H. The zero-order chi connectivity index (χ0) is 29.7. The Balaban J connectivity index is 1.17. The quantitative estimate of drug-likeness (QED) is 0.193. The Morgan fingerprint density at radius 2 is 0.978 bits per heavy atom. The third-order valence-corrected chi connectivity index (χ3v) is 9.99. The van der Waals surface area contributed by atoms with E-state index in [4.69, 9.17) is 0 Å². The number of thiophene rings is 1. The van der Waals surface area contributed by atoms with E-state index in [2.05, 4.69) is 179 Å². The lowest BCUT2D eigenvalue weighted by Gasteiger charge is -2.25. The molecule has 3 heteroatoms. The molecular weight excluding hydrogens is 565 g/mol. The molecule has 7 aromatic carbocycles. The van der Waals surface area contributed by atoms with Crippen LogP contribution in [-0.2, 0) is 0 Å². The molecule has 2 heterocycles. The Kier molecular flexibility index (Phi) is 6.03. The van der Waals surface area contributed by atoms with Crippen molar-refractivity contribution in [1.29, 1.82) is 0 Å². The zero-order valence-corrected chi connectivity index (χ0v) is 25.3. The van der Waals surface area contributed by atoms with Gasteiger partial charge < -0.3 is 9.47 Å². The number of para-hydroxylation sites is 3. The number of hydrogen-bond donors (Lipinski definition) is 0. The second kappa shape index (κ2) is 10.5. The van der Waals surface area contributed by atoms with Crippen LogP contribution in [0.2, 0.25) is 0 Å². The van der Waals surface area contributed by atoms with Crippen molar-refractivity contribution in [2.75, 3.05) is 4.90 Å². The maximum absolute atomic E-state index is 2.45. The highest BCUT2D eigenvalue weighted by Gasteiger charge is 2.17. The molecule has 0 bridgehead atoms. The first-order valence-electron chi connectivity index (χ1n) is 15.3. The molecule has 45 heavy (non-hydrogen) atoms. The number of anilines is 3. The van der Waals surface area contributed by atoms with Crippen LogP contribution in [0.4, 0.5) is 17.1 Å². The van der Waals surface area contributed by atoms with Crippen LogP contribution >= 0.6 is 11.3 Å². The first-order valence-corrected chi connectivity index (χ1v) is 16.1. The Hall–Kier alpha value is -5.64. The van der Waals surface area contributed by atoms with Crippen molar-refractivity contribution in [2.45, 2.75) is 0 Å². The van der Waals surface area contributed by atoms with Crippen LogP contribution in [0.25, 0.3) is 58.8 Å². The Labute approximate surface area is 265 Å². The molecule has 0 saturated carbocycles. The molecule has 0 aliphatic heterocycles. The maximum atomic E-state index is 2.45. The highest BCUT2D eigenvalue weighted by atomic mass is 32.1. The van der Waals surface area contributed by atoms with E-state index in [1.54, 1.807) is 0 Å². The molecule has 0 N–H and O–H groups in total. The number of hydrogen-bond acceptors (Lipinski definition) is 2. The fourth-order valence-electron chi connectivity index (χ4n) is 6.72. The molecule has 0 aliphatic rings. The lowest BCUT2D eigenvalue weighted by atomic mass is 10.0. The van der Waals surface area contributed by atoms with Crippen molar-refractivity contribution in [3.05, 3.63) is 170 Å². The summed E-state index contributed by atoms with van der Waals surface area (Å²) in [4.78, 5) is 2.30. The average molecular weight is 593 g/mol. The summed E-state index contributed by atoms with van der Waals surface area (Å²) in [5, 5.41) is 5.17. The molecular formula is C42H28N2S. The van der Waals surface area contributed by atoms with Gasteiger partial charge in [0, 0.05) is 43.3 Å². The van der Waals surface area contributed by atoms with Gasteiger partial charge in [0.15, 0.2) is 0 Å². The molecule has 0 saturated heterocycles. The van der Waals surface area contributed by atoms with E-state index < -0.39 is 0 Å². The maximum Gasteiger partial charge on any atom is 0.0640 e. The van der Waals surface area contributed by atoms with Gasteiger partial charge in [0.25, 0.3) is 0 Å². The summed E-state index contributed by atoms with van der Waals surface area (Å²) in [5.41, 5.74) is 9.50. The van der Waals surface area contributed by atoms with E-state index in [9.17, 15) is 0 Å². The van der Waals surface area contributed by atoms with Crippen LogP contribution in [0.3, 0.4) is 0 Å². The second-order valence-electron chi connectivity index (χ2n) is 11.4. The fraction of sp³-hybridized carbons (Fsp3) is 0. The number of benzene rings is 7. The van der Waals surface area contributed by atoms with E-state index in [0.717, 1.165) is 17.1 Å². The van der Waals surface area contributed by atoms with Gasteiger partial charge in [0.2, 0.25) is 0 Å². The molecule has 2 nitrogen and oxygen atoms in total. The van der Waals surface area contributed by atoms with Gasteiger partial charge in [0.1, 0.15) is 0 Å². The third-order valence-electron chi connectivity index (χ3n) is 8.78. The van der Waals surface area contributed by atoms with Gasteiger partial charge in [-0.05, 0) is 77.9 Å². The van der Waals surface area contributed by atoms with Crippen LogP contribution in [-0.4, -0.2) is 4.57 Å². The lowest BCUT2D eigenvalue weighted by Crippen LogP contribution is -2.09. The molecule has 212 valence electrons. The van der Waals surface area contributed by atoms with Crippen molar-refractivity contribution in [3.63, 3.8) is 0 Å². The minimum absolute atomic E-state index is 1.13. The Morgan fingerprint density at radius 1 is 0.400 bits per heavy atom. The SMILES string of the molecule is c1ccc(N(c2ccccc2)c2ccc(-c3ccc4c(c3)c3ccccc3n4-c3cccc4c3sc3ccccc34)cc2)cc1. The van der Waals surface area contributed by atoms with Crippen LogP contribution in [0, 0.1) is 0 Å². The van der Waals surface area contributed by atoms with E-state index in [0.29, 0.717) is 0 Å². The molecule has 9 rings (SSSR count). The topological polar surface area (TPSA) is 8.17 Å². The van der Waals surface area contributed by atoms with Crippen molar-refractivity contribution in [2.24, 2.45) is 0 Å². The van der Waals surface area contributed by atoms with Gasteiger partial charge in [-0.1, -0.05) is 103 Å². The van der Waals surface area contributed by atoms with Crippen molar-refractivity contribution >= 4 is 70.4 Å². The van der Waals surface area contributed by atoms with Gasteiger partial charge in [-0.25, -0.2) is 0 Å². The van der Waals surface area contributed by atoms with E-state index in [-0.39, 0.29) is 0 Å². The van der Waals surface area contributed by atoms with Gasteiger partial charge in [0.05, 0.1) is 21.4 Å². The molecule has 0 aliphatic carbocycles. The minimum atomic E-state index is 1.13. The summed E-state index contributed by atoms with van der Waals surface area (Å²) in [6.07, 6.45) is 0. The van der Waals surface area contributed by atoms with E-state index in [1.165, 1.54) is 58.8 Å². The largest absolute Gasteiger partial charge is 0.311 e. The molecule has 0 amide bonds. The first kappa shape index (κ1) is 25.8. The Bertz CT molecular complexity index is 2430. The summed E-state index contributed by atoms with van der Waals surface area (Å²) in [6, 6.07) is 61.2. The van der Waals surface area contributed by atoms with Crippen LogP contribution in [0.1, 0.15) is 0 Å². The number of aromatic nitrogens is 1. The van der Waals surface area contributed by atoms with Crippen molar-refractivity contribution < 1.29 is 0 Å². The number of fused-ring (bicyclic) bond motifs is 6. The summed E-state index contributed by atoms with van der Waals surface area (Å²) in [5.74, 6) is 0. The number of rotatable bonds is 5. The highest BCUT2D eigenvalue weighted by Crippen LogP contribution is 2.42. The molecule has 0 fully saturated rings. The summed E-state index contributed by atoms with van der Waals surface area (Å²) < 4.78 is 5.10. The van der Waals surface area contributed by atoms with Crippen molar-refractivity contribution in [1.82, 2.24) is 4.57 Å². The monoisotopic (exact) mass is 592 g/mol. The van der Waals surface area contributed by atoms with Crippen LogP contribution in [0.15, 0.2) is 170 Å². The predicted molar refractivity (Wildman–Crippen MR) is 194 cm³/mol. The van der Waals surface area contributed by atoms with Crippen LogP contribution < -0.4 is 4.90 Å². The lowest BCUT2D eigenvalue weighted by molar-refractivity contribution is 1.20. The van der Waals surface area contributed by atoms with Crippen LogP contribution in [0.5, 0.6) is 0 Å². The summed E-state index contributed by atoms with van der Waals surface area (Å²) >= 11 is 1.88. The normalized spacial score (nSPS) is 11.6. The van der Waals surface area contributed by atoms with E-state index in [1.807, 2.05) is 11.3 Å². The predicted octanol–water partition coefficient (Wildman–Crippen LogP) is 12.3. The van der Waals surface area contributed by atoms with Gasteiger partial charge in [-0.3, -0.25) is 0 Å². The van der Waals surface area contributed by atoms with Crippen molar-refractivity contribution in [3.8, 4) is 16.8 Å². The van der Waals surface area contributed by atoms with Gasteiger partial charge in [-0.2, -0.15) is 0 Å². The minimum Gasteiger partial charge on any atom is -0.311 e. The Morgan fingerprint density at radius 3 is 1.73 bits per heavy atom. The van der Waals surface area contributed by atoms with Gasteiger partial charge in [-0.15, -0.1) is 11.3 Å². The second-order valence-corrected chi connectivity index (χ2v) is 12.4.